The van der Waals surface area contributed by atoms with Gasteiger partial charge in [0.05, 0.1) is 4.91 Å². The lowest BCUT2D eigenvalue weighted by Gasteiger charge is -2.11. The molecule has 2 aromatic carbocycles. The Bertz CT molecular complexity index is 916. The first kappa shape index (κ1) is 19.6. The Morgan fingerprint density at radius 2 is 2.04 bits per heavy atom. The number of rotatable bonds is 6. The number of halogens is 2. The summed E-state index contributed by atoms with van der Waals surface area (Å²) in [6.45, 7) is 2.51. The summed E-state index contributed by atoms with van der Waals surface area (Å²) in [4.78, 5) is 26.1. The molecule has 3 rings (SSSR count). The molecular formula is C20H17BrFNO3S. The fourth-order valence-electron chi connectivity index (χ4n) is 2.61. The van der Waals surface area contributed by atoms with E-state index in [9.17, 15) is 14.0 Å². The standard InChI is InChI=1S/C20H17BrFNO3S/c1-2-8-23-19(24)18(27-20(23)25)11-14-10-15(21)6-7-17(14)26-12-13-4-3-5-16(22)9-13/h3-7,9-11H,2,8,12H2,1H3/b18-11+. The van der Waals surface area contributed by atoms with Gasteiger partial charge >= 0.3 is 0 Å². The van der Waals surface area contributed by atoms with Crippen LogP contribution < -0.4 is 4.74 Å². The van der Waals surface area contributed by atoms with Gasteiger partial charge in [-0.2, -0.15) is 0 Å². The highest BCUT2D eigenvalue weighted by molar-refractivity contribution is 9.10. The van der Waals surface area contributed by atoms with Crippen molar-refractivity contribution in [2.75, 3.05) is 6.54 Å². The molecular weight excluding hydrogens is 433 g/mol. The van der Waals surface area contributed by atoms with Gasteiger partial charge in [-0.15, -0.1) is 0 Å². The summed E-state index contributed by atoms with van der Waals surface area (Å²) in [7, 11) is 0. The minimum Gasteiger partial charge on any atom is -0.488 e. The van der Waals surface area contributed by atoms with Gasteiger partial charge in [0, 0.05) is 16.6 Å². The second kappa shape index (κ2) is 8.71. The van der Waals surface area contributed by atoms with Crippen molar-refractivity contribution in [2.24, 2.45) is 0 Å². The Hall–Kier alpha value is -2.12. The van der Waals surface area contributed by atoms with Gasteiger partial charge in [0.2, 0.25) is 0 Å². The second-order valence-corrected chi connectivity index (χ2v) is 7.84. The molecule has 0 saturated carbocycles. The van der Waals surface area contributed by atoms with Crippen molar-refractivity contribution in [3.8, 4) is 5.75 Å². The molecule has 1 saturated heterocycles. The summed E-state index contributed by atoms with van der Waals surface area (Å²) in [6.07, 6.45) is 2.37. The number of carbonyl (C=O) groups excluding carboxylic acids is 2. The Morgan fingerprint density at radius 3 is 2.78 bits per heavy atom. The maximum atomic E-state index is 13.3. The van der Waals surface area contributed by atoms with Crippen molar-refractivity contribution in [1.82, 2.24) is 4.90 Å². The van der Waals surface area contributed by atoms with Crippen LogP contribution in [0.25, 0.3) is 6.08 Å². The van der Waals surface area contributed by atoms with Crippen molar-refractivity contribution in [3.63, 3.8) is 0 Å². The maximum Gasteiger partial charge on any atom is 0.293 e. The number of thioether (sulfide) groups is 1. The van der Waals surface area contributed by atoms with Crippen molar-refractivity contribution < 1.29 is 18.7 Å². The molecule has 27 heavy (non-hydrogen) atoms. The molecule has 0 radical (unpaired) electrons. The van der Waals surface area contributed by atoms with Gasteiger partial charge in [-0.05, 0) is 60.2 Å². The molecule has 2 aromatic rings. The van der Waals surface area contributed by atoms with E-state index in [0.29, 0.717) is 34.7 Å². The van der Waals surface area contributed by atoms with E-state index in [0.717, 1.165) is 16.2 Å². The molecule has 0 bridgehead atoms. The predicted octanol–water partition coefficient (Wildman–Crippen LogP) is 5.61. The zero-order valence-corrected chi connectivity index (χ0v) is 17.0. The van der Waals surface area contributed by atoms with Gasteiger partial charge in [-0.1, -0.05) is 35.0 Å². The Kier molecular flexibility index (Phi) is 6.34. The zero-order valence-electron chi connectivity index (χ0n) is 14.6. The number of nitrogens with zero attached hydrogens (tertiary/aromatic N) is 1. The summed E-state index contributed by atoms with van der Waals surface area (Å²) < 4.78 is 20.0. The summed E-state index contributed by atoms with van der Waals surface area (Å²) in [5.41, 5.74) is 1.37. The molecule has 0 unspecified atom stereocenters. The minimum absolute atomic E-state index is 0.192. The van der Waals surface area contributed by atoms with Crippen LogP contribution in [0.2, 0.25) is 0 Å². The van der Waals surface area contributed by atoms with Crippen LogP contribution >= 0.6 is 27.7 Å². The van der Waals surface area contributed by atoms with Crippen molar-refractivity contribution >= 4 is 44.9 Å². The Labute approximate surface area is 169 Å². The van der Waals surface area contributed by atoms with Crippen LogP contribution in [0.4, 0.5) is 9.18 Å². The highest BCUT2D eigenvalue weighted by Gasteiger charge is 2.34. The van der Waals surface area contributed by atoms with Gasteiger partial charge < -0.3 is 4.74 Å². The molecule has 0 atom stereocenters. The fraction of sp³-hybridized carbons (Fsp3) is 0.200. The van der Waals surface area contributed by atoms with Crippen LogP contribution in [0.15, 0.2) is 51.8 Å². The van der Waals surface area contributed by atoms with E-state index in [1.165, 1.54) is 17.0 Å². The van der Waals surface area contributed by atoms with E-state index in [1.54, 1.807) is 24.3 Å². The van der Waals surface area contributed by atoms with Crippen LogP contribution in [0.1, 0.15) is 24.5 Å². The summed E-state index contributed by atoms with van der Waals surface area (Å²) in [5.74, 6) is -0.0654. The molecule has 1 aliphatic heterocycles. The van der Waals surface area contributed by atoms with Crippen molar-refractivity contribution in [3.05, 3.63) is 68.8 Å². The lowest BCUT2D eigenvalue weighted by Crippen LogP contribution is -2.28. The van der Waals surface area contributed by atoms with Gasteiger partial charge in [0.1, 0.15) is 18.2 Å². The van der Waals surface area contributed by atoms with E-state index in [2.05, 4.69) is 15.9 Å². The summed E-state index contributed by atoms with van der Waals surface area (Å²) in [6, 6.07) is 11.6. The van der Waals surface area contributed by atoms with Crippen LogP contribution in [0.5, 0.6) is 5.75 Å². The maximum absolute atomic E-state index is 13.3. The molecule has 1 aliphatic rings. The molecule has 140 valence electrons. The van der Waals surface area contributed by atoms with Gasteiger partial charge in [-0.25, -0.2) is 4.39 Å². The SMILES string of the molecule is CCCN1C(=O)S/C(=C/c2cc(Br)ccc2OCc2cccc(F)c2)C1=O. The number of imide groups is 1. The average molecular weight is 450 g/mol. The van der Waals surface area contributed by atoms with E-state index >= 15 is 0 Å². The third-order valence-electron chi connectivity index (χ3n) is 3.86. The lowest BCUT2D eigenvalue weighted by molar-refractivity contribution is -0.122. The summed E-state index contributed by atoms with van der Waals surface area (Å²) >= 11 is 4.34. The quantitative estimate of drug-likeness (QED) is 0.537. The number of hydrogen-bond acceptors (Lipinski definition) is 4. The number of benzene rings is 2. The third kappa shape index (κ3) is 4.78. The van der Waals surface area contributed by atoms with E-state index in [-0.39, 0.29) is 23.6 Å². The molecule has 1 heterocycles. The first-order chi connectivity index (χ1) is 13.0. The molecule has 0 aromatic heterocycles. The Morgan fingerprint density at radius 1 is 1.22 bits per heavy atom. The smallest absolute Gasteiger partial charge is 0.293 e. The number of amides is 2. The second-order valence-electron chi connectivity index (χ2n) is 5.93. The van der Waals surface area contributed by atoms with E-state index in [1.807, 2.05) is 19.1 Å². The topological polar surface area (TPSA) is 46.6 Å². The van der Waals surface area contributed by atoms with Crippen molar-refractivity contribution in [1.29, 1.82) is 0 Å². The molecule has 0 aliphatic carbocycles. The van der Waals surface area contributed by atoms with Gasteiger partial charge in [0.25, 0.3) is 11.1 Å². The van der Waals surface area contributed by atoms with Crippen LogP contribution in [-0.2, 0) is 11.4 Å². The molecule has 4 nitrogen and oxygen atoms in total. The third-order valence-corrected chi connectivity index (χ3v) is 5.26. The van der Waals surface area contributed by atoms with Gasteiger partial charge in [0.15, 0.2) is 0 Å². The van der Waals surface area contributed by atoms with Crippen LogP contribution in [0.3, 0.4) is 0 Å². The van der Waals surface area contributed by atoms with Crippen LogP contribution in [0, 0.1) is 5.82 Å². The van der Waals surface area contributed by atoms with Gasteiger partial charge in [-0.3, -0.25) is 14.5 Å². The first-order valence-corrected chi connectivity index (χ1v) is 10.0. The molecule has 0 spiro atoms. The molecule has 2 amide bonds. The highest BCUT2D eigenvalue weighted by atomic mass is 79.9. The van der Waals surface area contributed by atoms with Crippen molar-refractivity contribution in [2.45, 2.75) is 20.0 Å². The van der Waals surface area contributed by atoms with E-state index < -0.39 is 0 Å². The lowest BCUT2D eigenvalue weighted by atomic mass is 10.1. The number of hydrogen-bond donors (Lipinski definition) is 0. The van der Waals surface area contributed by atoms with E-state index in [4.69, 9.17) is 4.74 Å². The fourth-order valence-corrected chi connectivity index (χ4v) is 3.84. The first-order valence-electron chi connectivity index (χ1n) is 8.40. The predicted molar refractivity (Wildman–Crippen MR) is 108 cm³/mol. The largest absolute Gasteiger partial charge is 0.488 e. The zero-order chi connectivity index (χ0) is 19.4. The minimum atomic E-state index is -0.322. The monoisotopic (exact) mass is 449 g/mol. The molecule has 1 fully saturated rings. The highest BCUT2D eigenvalue weighted by Crippen LogP contribution is 2.35. The van der Waals surface area contributed by atoms with Crippen LogP contribution in [-0.4, -0.2) is 22.6 Å². The molecule has 7 heteroatoms. The number of ether oxygens (including phenoxy) is 1. The average Bonchev–Trinajstić information content (AvgIpc) is 2.89. The number of carbonyl (C=O) groups is 2. The molecule has 0 N–H and O–H groups in total. The normalized spacial score (nSPS) is 15.7. The Balaban J connectivity index is 1.84. The summed E-state index contributed by atoms with van der Waals surface area (Å²) in [5, 5.41) is -0.259.